The van der Waals surface area contributed by atoms with E-state index in [1.54, 1.807) is 19.9 Å². The summed E-state index contributed by atoms with van der Waals surface area (Å²) in [6.45, 7) is 21.6. The number of anilines is 3. The van der Waals surface area contributed by atoms with Gasteiger partial charge in [-0.05, 0) is 71.9 Å². The van der Waals surface area contributed by atoms with Crippen molar-refractivity contribution in [2.75, 3.05) is 28.0 Å². The second kappa shape index (κ2) is 15.4. The number of carbonyl (C=O) groups excluding carboxylic acids is 1. The van der Waals surface area contributed by atoms with Crippen LogP contribution in [-0.2, 0) is 9.63 Å². The second-order valence-corrected chi connectivity index (χ2v) is 14.8. The van der Waals surface area contributed by atoms with Gasteiger partial charge in [0.15, 0.2) is 0 Å². The van der Waals surface area contributed by atoms with Crippen LogP contribution in [0.2, 0.25) is 10.0 Å². The molecular weight excluding hydrogens is 670 g/mol. The van der Waals surface area contributed by atoms with Gasteiger partial charge in [-0.25, -0.2) is 0 Å². The maximum absolute atomic E-state index is 14.1. The number of hydrogen-bond acceptors (Lipinski definition) is 4. The van der Waals surface area contributed by atoms with E-state index in [2.05, 4.69) is 102 Å². The summed E-state index contributed by atoms with van der Waals surface area (Å²) in [5, 5.41) is 0.0185. The van der Waals surface area contributed by atoms with Crippen molar-refractivity contribution in [2.45, 2.75) is 105 Å². The fourth-order valence-corrected chi connectivity index (χ4v) is 6.78. The van der Waals surface area contributed by atoms with Crippen LogP contribution in [0.3, 0.4) is 0 Å². The molecule has 1 aliphatic rings. The van der Waals surface area contributed by atoms with Gasteiger partial charge in [0, 0.05) is 30.0 Å². The Morgan fingerprint density at radius 3 is 1.49 bits per heavy atom. The maximum Gasteiger partial charge on any atom is 0.473 e. The molecule has 3 aromatic carbocycles. The van der Waals surface area contributed by atoms with Crippen molar-refractivity contribution in [1.29, 1.82) is 0 Å². The molecule has 0 atom stereocenters. The predicted octanol–water partition coefficient (Wildman–Crippen LogP) is 12.0. The van der Waals surface area contributed by atoms with Crippen LogP contribution in [0.1, 0.15) is 121 Å². The number of rotatable bonds is 10. The Labute approximate surface area is 299 Å². The standard InChI is InChI=1S/C39H48Cl2F3N3O2/c1-22(2)28-13-11-14-29(23(3)4)36(28)45-19-20-46(37-30(24(5)6)15-12-16-31(37)25(7)8)33(45)21-27-17-18-32(40)34(41)35(27)47(49-26(9)10)38(48)39(42,43)44/h11-18,21-26H,19-20H2,1-10H3. The summed E-state index contributed by atoms with van der Waals surface area (Å²) in [5.74, 6) is -0.689. The van der Waals surface area contributed by atoms with Gasteiger partial charge >= 0.3 is 12.1 Å². The number of benzene rings is 3. The van der Waals surface area contributed by atoms with Crippen LogP contribution in [0, 0.1) is 0 Å². The molecule has 0 N–H and O–H groups in total. The van der Waals surface area contributed by atoms with Crippen molar-refractivity contribution in [3.8, 4) is 0 Å². The maximum atomic E-state index is 14.1. The Hall–Kier alpha value is -3.20. The Kier molecular flexibility index (Phi) is 12.1. The zero-order valence-corrected chi connectivity index (χ0v) is 31.6. The van der Waals surface area contributed by atoms with Gasteiger partial charge in [0.05, 0.1) is 16.1 Å². The minimum Gasteiger partial charge on any atom is -0.325 e. The number of alkyl halides is 3. The van der Waals surface area contributed by atoms with Crippen LogP contribution >= 0.6 is 23.2 Å². The van der Waals surface area contributed by atoms with E-state index in [-0.39, 0.29) is 50.0 Å². The van der Waals surface area contributed by atoms with E-state index in [9.17, 15) is 18.0 Å². The molecule has 10 heteroatoms. The molecule has 1 fully saturated rings. The molecule has 0 unspecified atom stereocenters. The number of amides is 1. The summed E-state index contributed by atoms with van der Waals surface area (Å²) in [7, 11) is 0. The largest absolute Gasteiger partial charge is 0.473 e. The fraction of sp³-hybridized carbons (Fsp3) is 0.462. The van der Waals surface area contributed by atoms with Gasteiger partial charge < -0.3 is 9.80 Å². The molecule has 4 rings (SSSR count). The smallest absolute Gasteiger partial charge is 0.325 e. The molecule has 1 aliphatic heterocycles. The summed E-state index contributed by atoms with van der Waals surface area (Å²) < 4.78 is 42.2. The predicted molar refractivity (Wildman–Crippen MR) is 198 cm³/mol. The lowest BCUT2D eigenvalue weighted by molar-refractivity contribution is -0.179. The zero-order valence-electron chi connectivity index (χ0n) is 30.0. The number of hydroxylamine groups is 1. The average molecular weight is 719 g/mol. The highest BCUT2D eigenvalue weighted by atomic mass is 35.5. The number of para-hydroxylation sites is 2. The molecule has 1 heterocycles. The Morgan fingerprint density at radius 1 is 0.735 bits per heavy atom. The van der Waals surface area contributed by atoms with Crippen LogP contribution in [0.5, 0.6) is 0 Å². The van der Waals surface area contributed by atoms with Gasteiger partial charge in [-0.2, -0.15) is 18.2 Å². The molecule has 0 aromatic heterocycles. The van der Waals surface area contributed by atoms with E-state index in [4.69, 9.17) is 28.0 Å². The molecule has 0 bridgehead atoms. The van der Waals surface area contributed by atoms with Crippen molar-refractivity contribution in [3.05, 3.63) is 92.2 Å². The van der Waals surface area contributed by atoms with Crippen LogP contribution in [-0.4, -0.2) is 31.3 Å². The molecule has 3 aromatic rings. The van der Waals surface area contributed by atoms with Gasteiger partial charge in [0.1, 0.15) is 11.5 Å². The molecule has 0 saturated carbocycles. The van der Waals surface area contributed by atoms with E-state index < -0.39 is 18.2 Å². The van der Waals surface area contributed by atoms with Gasteiger partial charge in [-0.15, -0.1) is 0 Å². The Morgan fingerprint density at radius 2 is 1.14 bits per heavy atom. The number of nitrogens with zero attached hydrogens (tertiary/aromatic N) is 3. The topological polar surface area (TPSA) is 36.0 Å². The highest BCUT2D eigenvalue weighted by Crippen LogP contribution is 2.46. The van der Waals surface area contributed by atoms with E-state index in [0.29, 0.717) is 13.1 Å². The Bertz CT molecular complexity index is 1570. The Balaban J connectivity index is 2.14. The SMILES string of the molecule is CC(C)ON(C(=O)C(F)(F)F)c1c(C=C2N(c3c(C(C)C)cccc3C(C)C)CCN2c2c(C(C)C)cccc2C(C)C)ccc(Cl)c1Cl. The van der Waals surface area contributed by atoms with Crippen LogP contribution < -0.4 is 14.9 Å². The normalized spacial score (nSPS) is 14.0. The number of hydrogen-bond donors (Lipinski definition) is 0. The molecule has 49 heavy (non-hydrogen) atoms. The first kappa shape index (κ1) is 38.6. The van der Waals surface area contributed by atoms with Gasteiger partial charge in [-0.3, -0.25) is 9.63 Å². The summed E-state index contributed by atoms with van der Waals surface area (Å²) in [6.07, 6.45) is -4.20. The van der Waals surface area contributed by atoms with Gasteiger partial charge in [0.25, 0.3) is 0 Å². The molecular formula is C39H48Cl2F3N3O2. The van der Waals surface area contributed by atoms with Crippen molar-refractivity contribution in [3.63, 3.8) is 0 Å². The highest BCUT2D eigenvalue weighted by molar-refractivity contribution is 6.44. The summed E-state index contributed by atoms with van der Waals surface area (Å²) in [5.41, 5.74) is 6.75. The first-order valence-corrected chi connectivity index (χ1v) is 17.7. The average Bonchev–Trinajstić information content (AvgIpc) is 3.42. The third-order valence-corrected chi connectivity index (χ3v) is 9.45. The van der Waals surface area contributed by atoms with E-state index in [0.717, 1.165) is 39.4 Å². The van der Waals surface area contributed by atoms with E-state index in [1.807, 2.05) is 6.08 Å². The molecule has 0 radical (unpaired) electrons. The van der Waals surface area contributed by atoms with Crippen molar-refractivity contribution in [1.82, 2.24) is 0 Å². The number of halogens is 5. The van der Waals surface area contributed by atoms with E-state index >= 15 is 0 Å². The lowest BCUT2D eigenvalue weighted by atomic mass is 9.91. The van der Waals surface area contributed by atoms with E-state index in [1.165, 1.54) is 6.07 Å². The van der Waals surface area contributed by atoms with Crippen molar-refractivity contribution >= 4 is 52.2 Å². The highest BCUT2D eigenvalue weighted by Gasteiger charge is 2.46. The van der Waals surface area contributed by atoms with Gasteiger partial charge in [-0.1, -0.05) is 121 Å². The number of carbonyl (C=O) groups is 1. The first-order valence-electron chi connectivity index (χ1n) is 16.9. The van der Waals surface area contributed by atoms with Crippen molar-refractivity contribution in [2.24, 2.45) is 0 Å². The van der Waals surface area contributed by atoms with Crippen LogP contribution in [0.4, 0.5) is 30.2 Å². The third-order valence-electron chi connectivity index (χ3n) is 8.66. The molecule has 1 saturated heterocycles. The minimum atomic E-state index is -5.24. The molecule has 1 amide bonds. The third kappa shape index (κ3) is 8.08. The molecule has 266 valence electrons. The summed E-state index contributed by atoms with van der Waals surface area (Å²) >= 11 is 13.1. The summed E-state index contributed by atoms with van der Waals surface area (Å²) in [4.78, 5) is 23.0. The minimum absolute atomic E-state index is 0.00854. The lowest BCUT2D eigenvalue weighted by Crippen LogP contribution is -2.43. The van der Waals surface area contributed by atoms with Crippen LogP contribution in [0.15, 0.2) is 54.4 Å². The second-order valence-electron chi connectivity index (χ2n) is 14.0. The fourth-order valence-electron chi connectivity index (χ4n) is 6.38. The monoisotopic (exact) mass is 717 g/mol. The van der Waals surface area contributed by atoms with Crippen molar-refractivity contribution < 1.29 is 22.8 Å². The molecule has 0 spiro atoms. The first-order chi connectivity index (χ1) is 22.9. The molecule has 0 aliphatic carbocycles. The van der Waals surface area contributed by atoms with Gasteiger partial charge in [0.2, 0.25) is 0 Å². The zero-order chi connectivity index (χ0) is 36.5. The summed E-state index contributed by atoms with van der Waals surface area (Å²) in [6, 6.07) is 15.8. The molecule has 5 nitrogen and oxygen atoms in total. The van der Waals surface area contributed by atoms with Crippen LogP contribution in [0.25, 0.3) is 6.08 Å². The quantitative estimate of drug-likeness (QED) is 0.196. The lowest BCUT2D eigenvalue weighted by Gasteiger charge is -2.34.